The first-order valence-corrected chi connectivity index (χ1v) is 10.1. The lowest BCUT2D eigenvalue weighted by Crippen LogP contribution is -2.43. The van der Waals surface area contributed by atoms with E-state index in [4.69, 9.17) is 0 Å². The summed E-state index contributed by atoms with van der Waals surface area (Å²) in [5, 5.41) is 2.55. The summed E-state index contributed by atoms with van der Waals surface area (Å²) >= 11 is 0. The molecule has 3 aliphatic carbocycles. The van der Waals surface area contributed by atoms with E-state index in [9.17, 15) is 4.79 Å². The van der Waals surface area contributed by atoms with Crippen molar-refractivity contribution in [3.63, 3.8) is 0 Å². The maximum Gasteiger partial charge on any atom is 0.144 e. The van der Waals surface area contributed by atoms with Gasteiger partial charge in [-0.2, -0.15) is 0 Å². The normalized spacial score (nSPS) is 28.2. The third-order valence-electron chi connectivity index (χ3n) is 7.16. The second-order valence-corrected chi connectivity index (χ2v) is 8.52. The predicted molar refractivity (Wildman–Crippen MR) is 110 cm³/mol. The summed E-state index contributed by atoms with van der Waals surface area (Å²) in [6.07, 6.45) is 8.44. The SMILES string of the molecule is O=C1CCc2cc3cc(-c4ccccc4)ccc3cc2C12CC1C=CC2C1. The van der Waals surface area contributed by atoms with E-state index in [2.05, 4.69) is 72.8 Å². The Morgan fingerprint density at radius 1 is 0.815 bits per heavy atom. The molecule has 1 fully saturated rings. The zero-order valence-corrected chi connectivity index (χ0v) is 15.3. The van der Waals surface area contributed by atoms with Gasteiger partial charge in [-0.15, -0.1) is 0 Å². The van der Waals surface area contributed by atoms with E-state index in [0.29, 0.717) is 24.0 Å². The van der Waals surface area contributed by atoms with E-state index in [1.54, 1.807) is 0 Å². The smallest absolute Gasteiger partial charge is 0.144 e. The third-order valence-corrected chi connectivity index (χ3v) is 7.16. The lowest BCUT2D eigenvalue weighted by Gasteiger charge is -2.39. The predicted octanol–water partition coefficient (Wildman–Crippen LogP) is 5.86. The van der Waals surface area contributed by atoms with E-state index in [1.807, 2.05) is 0 Å². The van der Waals surface area contributed by atoms with Crippen LogP contribution in [0.15, 0.2) is 72.8 Å². The number of fused-ring (bicyclic) bond motifs is 6. The molecule has 1 nitrogen and oxygen atoms in total. The summed E-state index contributed by atoms with van der Waals surface area (Å²) in [5.74, 6) is 1.49. The number of aryl methyl sites for hydroxylation is 1. The second-order valence-electron chi connectivity index (χ2n) is 8.52. The lowest BCUT2D eigenvalue weighted by molar-refractivity contribution is -0.126. The molecule has 0 N–H and O–H groups in total. The lowest BCUT2D eigenvalue weighted by atomic mass is 9.62. The first kappa shape index (κ1) is 15.4. The number of rotatable bonds is 1. The first-order chi connectivity index (χ1) is 13.2. The van der Waals surface area contributed by atoms with E-state index in [1.165, 1.54) is 33.0 Å². The summed E-state index contributed by atoms with van der Waals surface area (Å²) in [6.45, 7) is 0. The Hall–Kier alpha value is -2.67. The minimum atomic E-state index is -0.237. The Labute approximate surface area is 159 Å². The van der Waals surface area contributed by atoms with E-state index < -0.39 is 0 Å². The van der Waals surface area contributed by atoms with Crippen LogP contribution in [0.1, 0.15) is 30.4 Å². The Balaban J connectivity index is 1.53. The molecule has 0 radical (unpaired) electrons. The van der Waals surface area contributed by atoms with Crippen molar-refractivity contribution in [3.8, 4) is 11.1 Å². The summed E-state index contributed by atoms with van der Waals surface area (Å²) in [4.78, 5) is 13.1. The molecule has 0 heterocycles. The molecule has 0 aromatic heterocycles. The molecule has 3 aromatic carbocycles. The Kier molecular flexibility index (Phi) is 3.09. The quantitative estimate of drug-likeness (QED) is 0.503. The number of carbonyl (C=O) groups excluding carboxylic acids is 1. The molecular weight excluding hydrogens is 328 g/mol. The van der Waals surface area contributed by atoms with Gasteiger partial charge in [0.15, 0.2) is 0 Å². The highest BCUT2D eigenvalue weighted by Gasteiger charge is 2.55. The summed E-state index contributed by atoms with van der Waals surface area (Å²) < 4.78 is 0. The van der Waals surface area contributed by atoms with Gasteiger partial charge in [-0.1, -0.05) is 60.7 Å². The molecule has 3 aliphatic rings. The fourth-order valence-corrected chi connectivity index (χ4v) is 5.89. The van der Waals surface area contributed by atoms with E-state index >= 15 is 0 Å². The summed E-state index contributed by atoms with van der Waals surface area (Å²) in [7, 11) is 0. The molecular formula is C26H22O. The molecule has 0 aliphatic heterocycles. The average molecular weight is 350 g/mol. The van der Waals surface area contributed by atoms with Crippen LogP contribution in [0.5, 0.6) is 0 Å². The van der Waals surface area contributed by atoms with Crippen molar-refractivity contribution in [1.82, 2.24) is 0 Å². The van der Waals surface area contributed by atoms with Crippen molar-refractivity contribution in [3.05, 3.63) is 83.9 Å². The van der Waals surface area contributed by atoms with Gasteiger partial charge in [-0.05, 0) is 76.3 Å². The number of Topliss-reactive ketones (excluding diaryl/α,β-unsaturated/α-hetero) is 1. The molecule has 2 bridgehead atoms. The molecule has 1 heteroatoms. The van der Waals surface area contributed by atoms with Crippen molar-refractivity contribution in [2.75, 3.05) is 0 Å². The first-order valence-electron chi connectivity index (χ1n) is 10.1. The van der Waals surface area contributed by atoms with Gasteiger partial charge in [0.1, 0.15) is 5.78 Å². The maximum absolute atomic E-state index is 13.1. The fraction of sp³-hybridized carbons (Fsp3) is 0.269. The Morgan fingerprint density at radius 2 is 1.70 bits per heavy atom. The molecule has 132 valence electrons. The Morgan fingerprint density at radius 3 is 2.48 bits per heavy atom. The van der Waals surface area contributed by atoms with Gasteiger partial charge in [0.05, 0.1) is 5.41 Å². The number of hydrogen-bond donors (Lipinski definition) is 0. The minimum Gasteiger partial charge on any atom is -0.299 e. The topological polar surface area (TPSA) is 17.1 Å². The fourth-order valence-electron chi connectivity index (χ4n) is 5.89. The van der Waals surface area contributed by atoms with E-state index in [0.717, 1.165) is 19.3 Å². The van der Waals surface area contributed by atoms with Crippen LogP contribution in [0.4, 0.5) is 0 Å². The van der Waals surface area contributed by atoms with Crippen LogP contribution in [-0.4, -0.2) is 5.78 Å². The average Bonchev–Trinajstić information content (AvgIpc) is 3.32. The minimum absolute atomic E-state index is 0.237. The highest BCUT2D eigenvalue weighted by molar-refractivity contribution is 5.97. The molecule has 1 saturated carbocycles. The molecule has 27 heavy (non-hydrogen) atoms. The van der Waals surface area contributed by atoms with Gasteiger partial charge in [0, 0.05) is 6.42 Å². The standard InChI is InChI=1S/C26H22O/c27-25-11-9-21-14-22-13-19(18-4-2-1-3-5-18)7-8-20(22)15-24(21)26(25)16-17-6-10-23(26)12-17/h1-8,10,13-15,17,23H,9,11-12,16H2. The van der Waals surface area contributed by atoms with Gasteiger partial charge in [-0.25, -0.2) is 0 Å². The van der Waals surface area contributed by atoms with Crippen LogP contribution >= 0.6 is 0 Å². The maximum atomic E-state index is 13.1. The molecule has 3 atom stereocenters. The molecule has 1 spiro atoms. The number of benzene rings is 3. The summed E-state index contributed by atoms with van der Waals surface area (Å²) in [6, 6.07) is 22.0. The molecule has 3 unspecified atom stereocenters. The molecule has 6 rings (SSSR count). The van der Waals surface area contributed by atoms with Crippen LogP contribution < -0.4 is 0 Å². The number of carbonyl (C=O) groups is 1. The molecule has 0 amide bonds. The third kappa shape index (κ3) is 2.09. The highest BCUT2D eigenvalue weighted by atomic mass is 16.1. The van der Waals surface area contributed by atoms with Gasteiger partial charge in [0.25, 0.3) is 0 Å². The van der Waals surface area contributed by atoms with E-state index in [-0.39, 0.29) is 5.41 Å². The van der Waals surface area contributed by atoms with Crippen molar-refractivity contribution in [2.24, 2.45) is 11.8 Å². The monoisotopic (exact) mass is 350 g/mol. The molecule has 0 saturated heterocycles. The zero-order valence-electron chi connectivity index (χ0n) is 15.3. The van der Waals surface area contributed by atoms with Crippen molar-refractivity contribution < 1.29 is 4.79 Å². The van der Waals surface area contributed by atoms with Crippen LogP contribution in [0.2, 0.25) is 0 Å². The van der Waals surface area contributed by atoms with Gasteiger partial charge in [0.2, 0.25) is 0 Å². The van der Waals surface area contributed by atoms with Gasteiger partial charge < -0.3 is 0 Å². The number of hydrogen-bond acceptors (Lipinski definition) is 1. The van der Waals surface area contributed by atoms with Crippen LogP contribution in [0.25, 0.3) is 21.9 Å². The zero-order chi connectivity index (χ0) is 18.0. The van der Waals surface area contributed by atoms with Crippen molar-refractivity contribution >= 4 is 16.6 Å². The second kappa shape index (κ2) is 5.42. The highest BCUT2D eigenvalue weighted by Crippen LogP contribution is 2.57. The largest absolute Gasteiger partial charge is 0.299 e. The van der Waals surface area contributed by atoms with Crippen LogP contribution in [-0.2, 0) is 16.6 Å². The molecule has 3 aromatic rings. The number of ketones is 1. The van der Waals surface area contributed by atoms with Crippen LogP contribution in [0.3, 0.4) is 0 Å². The van der Waals surface area contributed by atoms with Gasteiger partial charge in [-0.3, -0.25) is 4.79 Å². The van der Waals surface area contributed by atoms with Crippen molar-refractivity contribution in [1.29, 1.82) is 0 Å². The van der Waals surface area contributed by atoms with Gasteiger partial charge >= 0.3 is 0 Å². The summed E-state index contributed by atoms with van der Waals surface area (Å²) in [5.41, 5.74) is 5.00. The number of allylic oxidation sites excluding steroid dienone is 2. The van der Waals surface area contributed by atoms with Crippen LogP contribution in [0, 0.1) is 11.8 Å². The van der Waals surface area contributed by atoms with Crippen molar-refractivity contribution in [2.45, 2.75) is 31.1 Å². The Bertz CT molecular complexity index is 1110.